The van der Waals surface area contributed by atoms with Crippen LogP contribution in [0.25, 0.3) is 0 Å². The molecule has 2 rings (SSSR count). The van der Waals surface area contributed by atoms with Gasteiger partial charge in [0.2, 0.25) is 0 Å². The zero-order chi connectivity index (χ0) is 14.4. The molecule has 2 aromatic rings. The van der Waals surface area contributed by atoms with Gasteiger partial charge in [-0.15, -0.1) is 0 Å². The van der Waals surface area contributed by atoms with E-state index in [4.69, 9.17) is 0 Å². The van der Waals surface area contributed by atoms with E-state index < -0.39 is 0 Å². The Hall–Kier alpha value is -2.43. The molecule has 0 saturated carbocycles. The first-order valence-corrected chi connectivity index (χ1v) is 6.63. The molecular formula is C15H18N4O. The van der Waals surface area contributed by atoms with Crippen molar-refractivity contribution in [1.29, 1.82) is 0 Å². The van der Waals surface area contributed by atoms with Crippen molar-refractivity contribution in [2.45, 2.75) is 20.3 Å². The van der Waals surface area contributed by atoms with E-state index in [-0.39, 0.29) is 5.91 Å². The number of aryl methyl sites for hydroxylation is 1. The van der Waals surface area contributed by atoms with Gasteiger partial charge in [0.1, 0.15) is 5.82 Å². The van der Waals surface area contributed by atoms with Crippen LogP contribution in [0.5, 0.6) is 0 Å². The lowest BCUT2D eigenvalue weighted by atomic mass is 10.2. The predicted molar refractivity (Wildman–Crippen MR) is 79.9 cm³/mol. The molecule has 0 aliphatic heterocycles. The summed E-state index contributed by atoms with van der Waals surface area (Å²) in [5.74, 6) is 0.577. The Bertz CT molecular complexity index is 584. The Labute approximate surface area is 118 Å². The number of amides is 1. The molecule has 2 aromatic heterocycles. The molecule has 2 N–H and O–H groups in total. The Kier molecular flexibility index (Phi) is 4.65. The van der Waals surface area contributed by atoms with Crippen molar-refractivity contribution in [2.24, 2.45) is 0 Å². The summed E-state index contributed by atoms with van der Waals surface area (Å²) in [7, 11) is 0. The number of carbonyl (C=O) groups excluding carboxylic acids is 1. The van der Waals surface area contributed by atoms with Gasteiger partial charge < -0.3 is 10.6 Å². The quantitative estimate of drug-likeness (QED) is 0.876. The highest BCUT2D eigenvalue weighted by atomic mass is 16.1. The lowest BCUT2D eigenvalue weighted by Gasteiger charge is -2.09. The summed E-state index contributed by atoms with van der Waals surface area (Å²) in [4.78, 5) is 20.5. The smallest absolute Gasteiger partial charge is 0.255 e. The molecule has 0 fully saturated rings. The molecule has 0 atom stereocenters. The maximum Gasteiger partial charge on any atom is 0.255 e. The normalized spacial score (nSPS) is 10.1. The number of nitrogens with one attached hydrogen (secondary N) is 2. The van der Waals surface area contributed by atoms with Crippen LogP contribution in [-0.2, 0) is 0 Å². The van der Waals surface area contributed by atoms with E-state index in [1.807, 2.05) is 6.92 Å². The van der Waals surface area contributed by atoms with E-state index >= 15 is 0 Å². The lowest BCUT2D eigenvalue weighted by Crippen LogP contribution is -2.13. The van der Waals surface area contributed by atoms with Crippen LogP contribution in [0.15, 0.2) is 36.7 Å². The second kappa shape index (κ2) is 6.65. The first-order valence-electron chi connectivity index (χ1n) is 6.63. The molecule has 0 unspecified atom stereocenters. The zero-order valence-corrected chi connectivity index (χ0v) is 11.7. The highest BCUT2D eigenvalue weighted by molar-refractivity contribution is 6.04. The van der Waals surface area contributed by atoms with Crippen molar-refractivity contribution in [3.05, 3.63) is 47.9 Å². The van der Waals surface area contributed by atoms with Gasteiger partial charge in [0, 0.05) is 35.9 Å². The maximum atomic E-state index is 12.2. The van der Waals surface area contributed by atoms with E-state index in [0.29, 0.717) is 5.56 Å². The van der Waals surface area contributed by atoms with E-state index in [2.05, 4.69) is 27.5 Å². The van der Waals surface area contributed by atoms with Crippen LogP contribution < -0.4 is 10.6 Å². The standard InChI is InChI=1S/C15H18N4O/c1-3-6-17-14-10-12(9-11(2)18-14)15(20)19-13-4-7-16-8-5-13/h4-5,7-10H,3,6H2,1-2H3,(H,17,18)(H,16,19,20). The molecule has 20 heavy (non-hydrogen) atoms. The van der Waals surface area contributed by atoms with Crippen LogP contribution in [0, 0.1) is 6.92 Å². The number of pyridine rings is 2. The summed E-state index contributed by atoms with van der Waals surface area (Å²) in [6.45, 7) is 4.79. The Balaban J connectivity index is 2.15. The fourth-order valence-electron chi connectivity index (χ4n) is 1.78. The highest BCUT2D eigenvalue weighted by Crippen LogP contribution is 2.13. The van der Waals surface area contributed by atoms with Gasteiger partial charge in [-0.2, -0.15) is 0 Å². The van der Waals surface area contributed by atoms with Crippen LogP contribution in [0.4, 0.5) is 11.5 Å². The Morgan fingerprint density at radius 2 is 2.00 bits per heavy atom. The molecule has 0 aliphatic carbocycles. The van der Waals surface area contributed by atoms with Crippen molar-refractivity contribution in [3.8, 4) is 0 Å². The largest absolute Gasteiger partial charge is 0.370 e. The van der Waals surface area contributed by atoms with Gasteiger partial charge in [0.25, 0.3) is 5.91 Å². The number of rotatable bonds is 5. The summed E-state index contributed by atoms with van der Waals surface area (Å²) in [5, 5.41) is 6.03. The van der Waals surface area contributed by atoms with Crippen molar-refractivity contribution in [2.75, 3.05) is 17.2 Å². The number of nitrogens with zero attached hydrogens (tertiary/aromatic N) is 2. The van der Waals surface area contributed by atoms with Crippen molar-refractivity contribution in [3.63, 3.8) is 0 Å². The molecule has 0 aliphatic rings. The van der Waals surface area contributed by atoms with Gasteiger partial charge >= 0.3 is 0 Å². The second-order valence-corrected chi connectivity index (χ2v) is 4.50. The molecule has 104 valence electrons. The molecule has 5 heteroatoms. The molecule has 1 amide bonds. The van der Waals surface area contributed by atoms with E-state index in [1.54, 1.807) is 36.7 Å². The van der Waals surface area contributed by atoms with Gasteiger partial charge in [0.05, 0.1) is 0 Å². The highest BCUT2D eigenvalue weighted by Gasteiger charge is 2.08. The fourth-order valence-corrected chi connectivity index (χ4v) is 1.78. The van der Waals surface area contributed by atoms with Crippen molar-refractivity contribution in [1.82, 2.24) is 9.97 Å². The zero-order valence-electron chi connectivity index (χ0n) is 11.7. The fraction of sp³-hybridized carbons (Fsp3) is 0.267. The van der Waals surface area contributed by atoms with Crippen molar-refractivity contribution >= 4 is 17.4 Å². The Morgan fingerprint density at radius 1 is 1.25 bits per heavy atom. The minimum atomic E-state index is -0.152. The molecule has 5 nitrogen and oxygen atoms in total. The molecule has 0 bridgehead atoms. The SMILES string of the molecule is CCCNc1cc(C(=O)Nc2ccncc2)cc(C)n1. The summed E-state index contributed by atoms with van der Waals surface area (Å²) < 4.78 is 0. The number of carbonyl (C=O) groups is 1. The molecular weight excluding hydrogens is 252 g/mol. The second-order valence-electron chi connectivity index (χ2n) is 4.50. The van der Waals surface area contributed by atoms with Crippen LogP contribution in [0.3, 0.4) is 0 Å². The molecule has 0 radical (unpaired) electrons. The average Bonchev–Trinajstić information content (AvgIpc) is 2.45. The molecule has 0 spiro atoms. The summed E-state index contributed by atoms with van der Waals surface area (Å²) in [6, 6.07) is 7.04. The van der Waals surface area contributed by atoms with Crippen LogP contribution >= 0.6 is 0 Å². The molecule has 0 saturated heterocycles. The van der Waals surface area contributed by atoms with Gasteiger partial charge in [-0.1, -0.05) is 6.92 Å². The van der Waals surface area contributed by atoms with E-state index in [9.17, 15) is 4.79 Å². The number of hydrogen-bond donors (Lipinski definition) is 2. The van der Waals surface area contributed by atoms with Crippen LogP contribution in [0.1, 0.15) is 29.4 Å². The third-order valence-corrected chi connectivity index (χ3v) is 2.71. The number of anilines is 2. The minimum Gasteiger partial charge on any atom is -0.370 e. The third-order valence-electron chi connectivity index (χ3n) is 2.71. The van der Waals surface area contributed by atoms with Crippen LogP contribution in [-0.4, -0.2) is 22.4 Å². The average molecular weight is 270 g/mol. The summed E-state index contributed by atoms with van der Waals surface area (Å²) in [5.41, 5.74) is 2.13. The summed E-state index contributed by atoms with van der Waals surface area (Å²) in [6.07, 6.45) is 4.29. The van der Waals surface area contributed by atoms with E-state index in [0.717, 1.165) is 30.2 Å². The Morgan fingerprint density at radius 3 is 2.70 bits per heavy atom. The van der Waals surface area contributed by atoms with Gasteiger partial charge in [-0.25, -0.2) is 4.98 Å². The maximum absolute atomic E-state index is 12.2. The number of aromatic nitrogens is 2. The first-order chi connectivity index (χ1) is 9.69. The monoisotopic (exact) mass is 270 g/mol. The first kappa shape index (κ1) is 14.0. The molecule has 0 aromatic carbocycles. The van der Waals surface area contributed by atoms with Crippen LogP contribution in [0.2, 0.25) is 0 Å². The third kappa shape index (κ3) is 3.78. The van der Waals surface area contributed by atoms with Gasteiger partial charge in [-0.3, -0.25) is 9.78 Å². The predicted octanol–water partition coefficient (Wildman–Crippen LogP) is 2.86. The van der Waals surface area contributed by atoms with Gasteiger partial charge in [0.15, 0.2) is 0 Å². The molecule has 2 heterocycles. The van der Waals surface area contributed by atoms with Gasteiger partial charge in [-0.05, 0) is 37.6 Å². The summed E-state index contributed by atoms with van der Waals surface area (Å²) >= 11 is 0. The number of hydrogen-bond acceptors (Lipinski definition) is 4. The topological polar surface area (TPSA) is 66.9 Å². The minimum absolute atomic E-state index is 0.152. The van der Waals surface area contributed by atoms with E-state index in [1.165, 1.54) is 0 Å². The lowest BCUT2D eigenvalue weighted by molar-refractivity contribution is 0.102. The van der Waals surface area contributed by atoms with Crippen molar-refractivity contribution < 1.29 is 4.79 Å².